The van der Waals surface area contributed by atoms with E-state index in [4.69, 9.17) is 5.73 Å². The number of halogens is 1. The van der Waals surface area contributed by atoms with Gasteiger partial charge in [0.1, 0.15) is 16.6 Å². The molecule has 0 aromatic carbocycles. The number of nitrogens with zero attached hydrogens (tertiary/aromatic N) is 4. The molecule has 0 amide bonds. The van der Waals surface area contributed by atoms with Crippen molar-refractivity contribution in [3.8, 4) is 5.82 Å². The lowest BCUT2D eigenvalue weighted by Gasteiger charge is -2.03. The van der Waals surface area contributed by atoms with Crippen molar-refractivity contribution in [2.45, 2.75) is 6.92 Å². The van der Waals surface area contributed by atoms with Gasteiger partial charge in [-0.3, -0.25) is 0 Å². The van der Waals surface area contributed by atoms with Gasteiger partial charge in [0.25, 0.3) is 0 Å². The molecule has 0 spiro atoms. The van der Waals surface area contributed by atoms with Crippen molar-refractivity contribution in [1.82, 2.24) is 19.7 Å². The second-order valence-electron chi connectivity index (χ2n) is 2.86. The van der Waals surface area contributed by atoms with Crippen LogP contribution in [0.1, 0.15) is 5.56 Å². The van der Waals surface area contributed by atoms with Crippen molar-refractivity contribution in [3.05, 3.63) is 28.8 Å². The standard InChI is InChI=1S/C8H8BrN5/c1-5-2-13-14(3-5)8-6(9)7(10)11-4-12-8/h2-4H,1H3,(H2,10,11,12). The van der Waals surface area contributed by atoms with E-state index in [1.807, 2.05) is 13.1 Å². The maximum atomic E-state index is 5.63. The molecule has 0 aliphatic carbocycles. The number of nitrogens with two attached hydrogens (primary N) is 1. The third-order valence-electron chi connectivity index (χ3n) is 1.73. The Morgan fingerprint density at radius 2 is 2.21 bits per heavy atom. The summed E-state index contributed by atoms with van der Waals surface area (Å²) in [6, 6.07) is 0. The van der Waals surface area contributed by atoms with Gasteiger partial charge in [-0.25, -0.2) is 14.6 Å². The van der Waals surface area contributed by atoms with Crippen LogP contribution in [0.5, 0.6) is 0 Å². The predicted octanol–water partition coefficient (Wildman–Crippen LogP) is 1.32. The Bertz CT molecular complexity index is 465. The lowest BCUT2D eigenvalue weighted by Crippen LogP contribution is -2.03. The number of hydrogen-bond donors (Lipinski definition) is 1. The zero-order valence-electron chi connectivity index (χ0n) is 7.48. The number of nitrogen functional groups attached to an aromatic ring is 1. The van der Waals surface area contributed by atoms with Crippen LogP contribution in [0, 0.1) is 6.92 Å². The molecule has 2 heterocycles. The average molecular weight is 254 g/mol. The molecule has 0 saturated heterocycles. The molecule has 72 valence electrons. The second-order valence-corrected chi connectivity index (χ2v) is 3.65. The van der Waals surface area contributed by atoms with Crippen molar-refractivity contribution in [3.63, 3.8) is 0 Å². The summed E-state index contributed by atoms with van der Waals surface area (Å²) >= 11 is 3.32. The van der Waals surface area contributed by atoms with Gasteiger partial charge in [0, 0.05) is 6.20 Å². The van der Waals surface area contributed by atoms with Crippen LogP contribution >= 0.6 is 15.9 Å². The maximum absolute atomic E-state index is 5.63. The number of aryl methyl sites for hydroxylation is 1. The molecule has 0 unspecified atom stereocenters. The fourth-order valence-electron chi connectivity index (χ4n) is 1.06. The Labute approximate surface area is 89.1 Å². The van der Waals surface area contributed by atoms with Crippen LogP contribution in [-0.2, 0) is 0 Å². The van der Waals surface area contributed by atoms with E-state index >= 15 is 0 Å². The third kappa shape index (κ3) is 1.48. The summed E-state index contributed by atoms with van der Waals surface area (Å²) in [5.74, 6) is 1.05. The first-order chi connectivity index (χ1) is 6.68. The molecule has 14 heavy (non-hydrogen) atoms. The van der Waals surface area contributed by atoms with Gasteiger partial charge in [0.15, 0.2) is 5.82 Å². The van der Waals surface area contributed by atoms with E-state index in [9.17, 15) is 0 Å². The largest absolute Gasteiger partial charge is 0.383 e. The van der Waals surface area contributed by atoms with E-state index in [-0.39, 0.29) is 0 Å². The summed E-state index contributed by atoms with van der Waals surface area (Å²) in [6.07, 6.45) is 5.03. The summed E-state index contributed by atoms with van der Waals surface area (Å²) in [5, 5.41) is 4.13. The van der Waals surface area contributed by atoms with E-state index in [1.54, 1.807) is 10.9 Å². The normalized spacial score (nSPS) is 10.4. The van der Waals surface area contributed by atoms with Crippen molar-refractivity contribution < 1.29 is 0 Å². The van der Waals surface area contributed by atoms with Crippen molar-refractivity contribution in [2.24, 2.45) is 0 Å². The molecular formula is C8H8BrN5. The summed E-state index contributed by atoms with van der Waals surface area (Å²) in [6.45, 7) is 1.96. The highest BCUT2D eigenvalue weighted by molar-refractivity contribution is 9.10. The SMILES string of the molecule is Cc1cnn(-c2ncnc(N)c2Br)c1. The van der Waals surface area contributed by atoms with E-state index in [0.29, 0.717) is 16.1 Å². The van der Waals surface area contributed by atoms with Crippen LogP contribution in [0.15, 0.2) is 23.2 Å². The minimum absolute atomic E-state index is 0.406. The van der Waals surface area contributed by atoms with Gasteiger partial charge in [-0.15, -0.1) is 0 Å². The molecule has 2 N–H and O–H groups in total. The van der Waals surface area contributed by atoms with Crippen LogP contribution < -0.4 is 5.73 Å². The molecule has 0 aliphatic rings. The van der Waals surface area contributed by atoms with Crippen molar-refractivity contribution >= 4 is 21.7 Å². The highest BCUT2D eigenvalue weighted by Crippen LogP contribution is 2.22. The Balaban J connectivity index is 2.57. The van der Waals surface area contributed by atoms with Gasteiger partial charge in [0.05, 0.1) is 6.20 Å². The van der Waals surface area contributed by atoms with E-state index in [1.165, 1.54) is 6.33 Å². The number of anilines is 1. The van der Waals surface area contributed by atoms with Crippen LogP contribution in [0.4, 0.5) is 5.82 Å². The van der Waals surface area contributed by atoms with Crippen LogP contribution in [0.2, 0.25) is 0 Å². The van der Waals surface area contributed by atoms with Gasteiger partial charge in [-0.1, -0.05) is 0 Å². The molecule has 2 aromatic rings. The van der Waals surface area contributed by atoms with E-state index in [0.717, 1.165) is 5.56 Å². The molecule has 2 aromatic heterocycles. The number of aromatic nitrogens is 4. The topological polar surface area (TPSA) is 69.6 Å². The molecule has 0 aliphatic heterocycles. The lowest BCUT2D eigenvalue weighted by atomic mass is 10.4. The number of hydrogen-bond acceptors (Lipinski definition) is 4. The highest BCUT2D eigenvalue weighted by atomic mass is 79.9. The van der Waals surface area contributed by atoms with E-state index < -0.39 is 0 Å². The fourth-order valence-corrected chi connectivity index (χ4v) is 1.45. The molecule has 0 atom stereocenters. The number of rotatable bonds is 1. The van der Waals surface area contributed by atoms with Gasteiger partial charge in [-0.2, -0.15) is 5.10 Å². The van der Waals surface area contributed by atoms with Crippen molar-refractivity contribution in [1.29, 1.82) is 0 Å². The first-order valence-electron chi connectivity index (χ1n) is 3.96. The molecular weight excluding hydrogens is 246 g/mol. The smallest absolute Gasteiger partial charge is 0.173 e. The molecule has 5 nitrogen and oxygen atoms in total. The lowest BCUT2D eigenvalue weighted by molar-refractivity contribution is 0.834. The Kier molecular flexibility index (Phi) is 2.20. The zero-order chi connectivity index (χ0) is 10.1. The van der Waals surface area contributed by atoms with Gasteiger partial charge >= 0.3 is 0 Å². The summed E-state index contributed by atoms with van der Waals surface area (Å²) in [4.78, 5) is 7.94. The molecule has 0 radical (unpaired) electrons. The summed E-state index contributed by atoms with van der Waals surface area (Å²) in [7, 11) is 0. The summed E-state index contributed by atoms with van der Waals surface area (Å²) in [5.41, 5.74) is 6.69. The van der Waals surface area contributed by atoms with Gasteiger partial charge < -0.3 is 5.73 Å². The van der Waals surface area contributed by atoms with E-state index in [2.05, 4.69) is 31.0 Å². The van der Waals surface area contributed by atoms with Crippen LogP contribution in [-0.4, -0.2) is 19.7 Å². The summed E-state index contributed by atoms with van der Waals surface area (Å²) < 4.78 is 2.31. The highest BCUT2D eigenvalue weighted by Gasteiger charge is 2.08. The quantitative estimate of drug-likeness (QED) is 0.833. The third-order valence-corrected chi connectivity index (χ3v) is 2.49. The molecule has 6 heteroatoms. The van der Waals surface area contributed by atoms with Crippen LogP contribution in [0.25, 0.3) is 5.82 Å². The monoisotopic (exact) mass is 253 g/mol. The molecule has 0 saturated carbocycles. The molecule has 0 bridgehead atoms. The molecule has 0 fully saturated rings. The Morgan fingerprint density at radius 1 is 1.43 bits per heavy atom. The van der Waals surface area contributed by atoms with Crippen molar-refractivity contribution in [2.75, 3.05) is 5.73 Å². The van der Waals surface area contributed by atoms with Crippen LogP contribution in [0.3, 0.4) is 0 Å². The predicted molar refractivity (Wildman–Crippen MR) is 56.0 cm³/mol. The van der Waals surface area contributed by atoms with Gasteiger partial charge in [0.2, 0.25) is 0 Å². The zero-order valence-corrected chi connectivity index (χ0v) is 9.06. The first kappa shape index (κ1) is 9.14. The minimum atomic E-state index is 0.406. The average Bonchev–Trinajstić information content (AvgIpc) is 2.57. The Morgan fingerprint density at radius 3 is 2.86 bits per heavy atom. The fraction of sp³-hybridized carbons (Fsp3) is 0.125. The Hall–Kier alpha value is -1.43. The maximum Gasteiger partial charge on any atom is 0.173 e. The van der Waals surface area contributed by atoms with Gasteiger partial charge in [-0.05, 0) is 28.4 Å². The minimum Gasteiger partial charge on any atom is -0.383 e. The second kappa shape index (κ2) is 3.38. The first-order valence-corrected chi connectivity index (χ1v) is 4.75. The molecule has 2 rings (SSSR count).